The second-order valence-corrected chi connectivity index (χ2v) is 3.61. The number of anilines is 3. The number of nitrogen functional groups attached to an aromatic ring is 1. The molecule has 0 unspecified atom stereocenters. The molecule has 82 valence electrons. The van der Waals surface area contributed by atoms with Crippen LogP contribution in [-0.4, -0.2) is 4.98 Å². The van der Waals surface area contributed by atoms with Crippen LogP contribution in [0.3, 0.4) is 0 Å². The monoisotopic (exact) mass is 237 g/mol. The van der Waals surface area contributed by atoms with Crippen LogP contribution >= 0.6 is 11.6 Å². The fourth-order valence-corrected chi connectivity index (χ4v) is 1.40. The molecule has 3 N–H and O–H groups in total. The third-order valence-corrected chi connectivity index (χ3v) is 2.23. The fraction of sp³-hybridized carbons (Fsp3) is 0. The summed E-state index contributed by atoms with van der Waals surface area (Å²) in [6.45, 7) is 0. The fourth-order valence-electron chi connectivity index (χ4n) is 1.24. The normalized spacial score (nSPS) is 10.1. The zero-order chi connectivity index (χ0) is 11.5. The summed E-state index contributed by atoms with van der Waals surface area (Å²) in [6, 6.07) is 7.56. The molecule has 1 aromatic carbocycles. The Morgan fingerprint density at radius 1 is 1.25 bits per heavy atom. The summed E-state index contributed by atoms with van der Waals surface area (Å²) in [7, 11) is 0. The van der Waals surface area contributed by atoms with E-state index in [1.165, 1.54) is 18.3 Å². The van der Waals surface area contributed by atoms with Gasteiger partial charge in [-0.1, -0.05) is 11.6 Å². The largest absolute Gasteiger partial charge is 0.396 e. The van der Waals surface area contributed by atoms with Crippen LogP contribution in [0.4, 0.5) is 21.5 Å². The minimum Gasteiger partial charge on any atom is -0.396 e. The number of rotatable bonds is 2. The average molecular weight is 238 g/mol. The van der Waals surface area contributed by atoms with Crippen LogP contribution < -0.4 is 11.1 Å². The highest BCUT2D eigenvalue weighted by Gasteiger charge is 2.01. The summed E-state index contributed by atoms with van der Waals surface area (Å²) in [5.41, 5.74) is 7.57. The Kier molecular flexibility index (Phi) is 2.92. The Balaban J connectivity index is 2.26. The van der Waals surface area contributed by atoms with Crippen LogP contribution in [0.5, 0.6) is 0 Å². The van der Waals surface area contributed by atoms with Crippen molar-refractivity contribution in [1.82, 2.24) is 4.98 Å². The number of nitrogens with one attached hydrogen (secondary N) is 1. The molecule has 0 atom stereocenters. The molecule has 3 nitrogen and oxygen atoms in total. The molecule has 0 aliphatic heterocycles. The minimum atomic E-state index is -0.286. The Labute approximate surface area is 97.1 Å². The van der Waals surface area contributed by atoms with Crippen molar-refractivity contribution in [2.75, 3.05) is 11.1 Å². The second kappa shape index (κ2) is 4.37. The van der Waals surface area contributed by atoms with Crippen LogP contribution in [0.25, 0.3) is 0 Å². The lowest BCUT2D eigenvalue weighted by molar-refractivity contribution is 0.628. The molecule has 0 aliphatic carbocycles. The summed E-state index contributed by atoms with van der Waals surface area (Å²) in [5.74, 6) is -0.286. The lowest BCUT2D eigenvalue weighted by Gasteiger charge is -2.08. The Morgan fingerprint density at radius 3 is 2.62 bits per heavy atom. The first-order valence-corrected chi connectivity index (χ1v) is 4.96. The molecule has 1 aromatic heterocycles. The number of benzene rings is 1. The maximum atomic E-state index is 12.7. The predicted octanol–water partition coefficient (Wildman–Crippen LogP) is 3.20. The number of nitrogens with two attached hydrogens (primary N) is 1. The van der Waals surface area contributed by atoms with Crippen LogP contribution in [0, 0.1) is 5.82 Å². The van der Waals surface area contributed by atoms with Gasteiger partial charge in [0.05, 0.1) is 17.6 Å². The van der Waals surface area contributed by atoms with E-state index in [1.54, 1.807) is 18.2 Å². The van der Waals surface area contributed by atoms with Gasteiger partial charge in [0, 0.05) is 11.8 Å². The highest BCUT2D eigenvalue weighted by Crippen LogP contribution is 2.24. The molecule has 16 heavy (non-hydrogen) atoms. The number of hydrogen-bond donors (Lipinski definition) is 2. The molecule has 0 aliphatic rings. The molecule has 0 fully saturated rings. The van der Waals surface area contributed by atoms with Crippen molar-refractivity contribution < 1.29 is 4.39 Å². The third-order valence-electron chi connectivity index (χ3n) is 2.02. The molecule has 0 saturated heterocycles. The van der Waals surface area contributed by atoms with E-state index in [2.05, 4.69) is 10.3 Å². The molecule has 5 heteroatoms. The van der Waals surface area contributed by atoms with E-state index < -0.39 is 0 Å². The Bertz CT molecular complexity index is 499. The van der Waals surface area contributed by atoms with Crippen LogP contribution in [0.1, 0.15) is 0 Å². The smallest absolute Gasteiger partial charge is 0.131 e. The maximum Gasteiger partial charge on any atom is 0.131 e. The standard InChI is InChI=1S/C11H9ClFN3/c12-11-5-10(9(14)6-15-11)16-8-3-1-7(13)2-4-8/h1-6H,14H2,(H,15,16). The van der Waals surface area contributed by atoms with E-state index in [1.807, 2.05) is 0 Å². The zero-order valence-corrected chi connectivity index (χ0v) is 9.00. The van der Waals surface area contributed by atoms with Gasteiger partial charge >= 0.3 is 0 Å². The van der Waals surface area contributed by atoms with E-state index in [4.69, 9.17) is 17.3 Å². The Hall–Kier alpha value is -1.81. The highest BCUT2D eigenvalue weighted by molar-refractivity contribution is 6.29. The minimum absolute atomic E-state index is 0.286. The molecule has 0 spiro atoms. The van der Waals surface area contributed by atoms with E-state index in [-0.39, 0.29) is 5.82 Å². The first kappa shape index (κ1) is 10.7. The van der Waals surface area contributed by atoms with Crippen LogP contribution in [0.2, 0.25) is 5.15 Å². The first-order valence-electron chi connectivity index (χ1n) is 4.59. The van der Waals surface area contributed by atoms with E-state index in [9.17, 15) is 4.39 Å². The van der Waals surface area contributed by atoms with Gasteiger partial charge in [-0.3, -0.25) is 0 Å². The quantitative estimate of drug-likeness (QED) is 0.789. The van der Waals surface area contributed by atoms with Crippen LogP contribution in [-0.2, 0) is 0 Å². The number of aromatic nitrogens is 1. The highest BCUT2D eigenvalue weighted by atomic mass is 35.5. The maximum absolute atomic E-state index is 12.7. The van der Waals surface area contributed by atoms with E-state index in [0.29, 0.717) is 16.5 Å². The lowest BCUT2D eigenvalue weighted by atomic mass is 10.3. The molecule has 0 radical (unpaired) electrons. The molecule has 0 bridgehead atoms. The summed E-state index contributed by atoms with van der Waals surface area (Å²) in [4.78, 5) is 3.84. The summed E-state index contributed by atoms with van der Waals surface area (Å²) >= 11 is 5.74. The van der Waals surface area contributed by atoms with E-state index >= 15 is 0 Å². The van der Waals surface area contributed by atoms with Crippen molar-refractivity contribution in [3.05, 3.63) is 47.5 Å². The summed E-state index contributed by atoms with van der Waals surface area (Å²) < 4.78 is 12.7. The summed E-state index contributed by atoms with van der Waals surface area (Å²) in [6.07, 6.45) is 1.47. The van der Waals surface area contributed by atoms with Gasteiger partial charge in [0.2, 0.25) is 0 Å². The molecular weight excluding hydrogens is 229 g/mol. The second-order valence-electron chi connectivity index (χ2n) is 3.23. The Morgan fingerprint density at radius 2 is 1.94 bits per heavy atom. The van der Waals surface area contributed by atoms with Gasteiger partial charge < -0.3 is 11.1 Å². The number of nitrogens with zero attached hydrogens (tertiary/aromatic N) is 1. The average Bonchev–Trinajstić information content (AvgIpc) is 2.27. The van der Waals surface area contributed by atoms with Crippen molar-refractivity contribution >= 4 is 28.7 Å². The van der Waals surface area contributed by atoms with Gasteiger partial charge in [-0.15, -0.1) is 0 Å². The SMILES string of the molecule is Nc1cnc(Cl)cc1Nc1ccc(F)cc1. The van der Waals surface area contributed by atoms with Gasteiger partial charge in [0.1, 0.15) is 11.0 Å². The molecule has 2 rings (SSSR count). The van der Waals surface area contributed by atoms with Crippen molar-refractivity contribution in [3.63, 3.8) is 0 Å². The number of halogens is 2. The molecular formula is C11H9ClFN3. The van der Waals surface area contributed by atoms with Crippen molar-refractivity contribution in [1.29, 1.82) is 0 Å². The van der Waals surface area contributed by atoms with Crippen molar-refractivity contribution in [2.24, 2.45) is 0 Å². The van der Waals surface area contributed by atoms with Gasteiger partial charge in [0.15, 0.2) is 0 Å². The van der Waals surface area contributed by atoms with Crippen LogP contribution in [0.15, 0.2) is 36.5 Å². The van der Waals surface area contributed by atoms with Gasteiger partial charge in [-0.05, 0) is 24.3 Å². The molecule has 1 heterocycles. The first-order chi connectivity index (χ1) is 7.65. The number of hydrogen-bond acceptors (Lipinski definition) is 3. The summed E-state index contributed by atoms with van der Waals surface area (Å²) in [5, 5.41) is 3.37. The van der Waals surface area contributed by atoms with Gasteiger partial charge in [-0.25, -0.2) is 9.37 Å². The van der Waals surface area contributed by atoms with Gasteiger partial charge in [-0.2, -0.15) is 0 Å². The van der Waals surface area contributed by atoms with Gasteiger partial charge in [0.25, 0.3) is 0 Å². The lowest BCUT2D eigenvalue weighted by Crippen LogP contribution is -1.97. The number of pyridine rings is 1. The predicted molar refractivity (Wildman–Crippen MR) is 63.3 cm³/mol. The van der Waals surface area contributed by atoms with E-state index in [0.717, 1.165) is 5.69 Å². The molecule has 0 amide bonds. The molecule has 2 aromatic rings. The topological polar surface area (TPSA) is 50.9 Å². The third kappa shape index (κ3) is 2.41. The molecule has 0 saturated carbocycles. The van der Waals surface area contributed by atoms with Crippen molar-refractivity contribution in [2.45, 2.75) is 0 Å². The van der Waals surface area contributed by atoms with Crippen molar-refractivity contribution in [3.8, 4) is 0 Å². The zero-order valence-electron chi connectivity index (χ0n) is 8.24.